The number of carbonyl (C=O) groups excluding carboxylic acids is 1. The van der Waals surface area contributed by atoms with Crippen LogP contribution in [0.3, 0.4) is 0 Å². The van der Waals surface area contributed by atoms with E-state index in [1.807, 2.05) is 0 Å². The molecule has 2 aromatic heterocycles. The second-order valence-electron chi connectivity index (χ2n) is 3.78. The first kappa shape index (κ1) is 12.1. The number of aromatic nitrogens is 1. The minimum absolute atomic E-state index is 0.295. The van der Waals surface area contributed by atoms with E-state index in [0.29, 0.717) is 21.2 Å². The fourth-order valence-corrected chi connectivity index (χ4v) is 3.40. The van der Waals surface area contributed by atoms with Crippen molar-refractivity contribution in [1.82, 2.24) is 4.98 Å². The number of nitrogens with two attached hydrogens (primary N) is 1. The van der Waals surface area contributed by atoms with Gasteiger partial charge in [0, 0.05) is 0 Å². The van der Waals surface area contributed by atoms with Crippen molar-refractivity contribution < 1.29 is 9.18 Å². The number of hydrogen-bond donors (Lipinski definition) is 2. The molecule has 0 fully saturated rings. The molecule has 96 valence electrons. The van der Waals surface area contributed by atoms with Crippen LogP contribution in [0, 0.1) is 5.82 Å². The predicted octanol–water partition coefficient (Wildman–Crippen LogP) is 3.34. The Bertz CT molecular complexity index is 765. The molecule has 3 rings (SSSR count). The van der Waals surface area contributed by atoms with E-state index in [1.165, 1.54) is 34.8 Å². The summed E-state index contributed by atoms with van der Waals surface area (Å²) in [4.78, 5) is 15.5. The molecular weight excluding hydrogens is 285 g/mol. The minimum Gasteiger partial charge on any atom is -0.366 e. The lowest BCUT2D eigenvalue weighted by Crippen LogP contribution is -2.11. The maximum absolute atomic E-state index is 13.1. The Morgan fingerprint density at radius 3 is 3.00 bits per heavy atom. The molecular formula is C12H8FN3OS2. The molecule has 3 aromatic rings. The highest BCUT2D eigenvalue weighted by Crippen LogP contribution is 2.32. The number of nitrogens with one attached hydrogen (secondary N) is 1. The van der Waals surface area contributed by atoms with Crippen LogP contribution in [-0.2, 0) is 0 Å². The maximum Gasteiger partial charge on any atom is 0.251 e. The summed E-state index contributed by atoms with van der Waals surface area (Å²) in [5.74, 6) is -0.785. The first-order valence-electron chi connectivity index (χ1n) is 5.34. The van der Waals surface area contributed by atoms with E-state index in [0.717, 1.165) is 4.70 Å². The molecule has 1 aromatic carbocycles. The van der Waals surface area contributed by atoms with Crippen LogP contribution in [0.1, 0.15) is 10.4 Å². The summed E-state index contributed by atoms with van der Waals surface area (Å²) in [6, 6.07) is 6.07. The van der Waals surface area contributed by atoms with Crippen LogP contribution in [0.15, 0.2) is 29.6 Å². The summed E-state index contributed by atoms with van der Waals surface area (Å²) >= 11 is 2.69. The predicted molar refractivity (Wildman–Crippen MR) is 75.7 cm³/mol. The molecule has 19 heavy (non-hydrogen) atoms. The van der Waals surface area contributed by atoms with Gasteiger partial charge in [-0.2, -0.15) is 0 Å². The zero-order valence-electron chi connectivity index (χ0n) is 9.51. The van der Waals surface area contributed by atoms with Crippen LogP contribution >= 0.6 is 22.7 Å². The number of thiophene rings is 1. The molecule has 2 heterocycles. The summed E-state index contributed by atoms with van der Waals surface area (Å²) in [7, 11) is 0. The van der Waals surface area contributed by atoms with Crippen LogP contribution in [0.5, 0.6) is 0 Å². The van der Waals surface area contributed by atoms with Crippen molar-refractivity contribution >= 4 is 48.9 Å². The zero-order chi connectivity index (χ0) is 13.4. The van der Waals surface area contributed by atoms with Gasteiger partial charge in [0.25, 0.3) is 5.91 Å². The van der Waals surface area contributed by atoms with Gasteiger partial charge >= 0.3 is 0 Å². The van der Waals surface area contributed by atoms with Crippen LogP contribution in [0.4, 0.5) is 14.5 Å². The lowest BCUT2D eigenvalue weighted by atomic mass is 10.3. The van der Waals surface area contributed by atoms with E-state index in [9.17, 15) is 9.18 Å². The van der Waals surface area contributed by atoms with E-state index in [2.05, 4.69) is 10.3 Å². The molecule has 0 aliphatic heterocycles. The molecule has 0 saturated carbocycles. The van der Waals surface area contributed by atoms with Crippen LogP contribution in [0.25, 0.3) is 10.2 Å². The SMILES string of the molecule is NC(=O)c1ccsc1Nc1nc2ccc(F)cc2s1. The van der Waals surface area contributed by atoms with Crippen molar-refractivity contribution in [3.8, 4) is 0 Å². The topological polar surface area (TPSA) is 68.0 Å². The standard InChI is InChI=1S/C12H8FN3OS2/c13-6-1-2-8-9(5-6)19-12(15-8)16-11-7(10(14)17)3-4-18-11/h1-5H,(H2,14,17)(H,15,16). The van der Waals surface area contributed by atoms with Gasteiger partial charge in [0.15, 0.2) is 5.13 Å². The summed E-state index contributed by atoms with van der Waals surface area (Å²) in [5, 5.41) is 6.07. The summed E-state index contributed by atoms with van der Waals surface area (Å²) in [6.45, 7) is 0. The average molecular weight is 293 g/mol. The van der Waals surface area contributed by atoms with Crippen LogP contribution in [0.2, 0.25) is 0 Å². The number of fused-ring (bicyclic) bond motifs is 1. The van der Waals surface area contributed by atoms with Crippen molar-refractivity contribution in [3.63, 3.8) is 0 Å². The number of hydrogen-bond acceptors (Lipinski definition) is 5. The molecule has 7 heteroatoms. The van der Waals surface area contributed by atoms with Gasteiger partial charge in [-0.1, -0.05) is 11.3 Å². The van der Waals surface area contributed by atoms with Gasteiger partial charge in [0.05, 0.1) is 15.8 Å². The van der Waals surface area contributed by atoms with E-state index in [-0.39, 0.29) is 5.82 Å². The van der Waals surface area contributed by atoms with Crippen molar-refractivity contribution in [2.75, 3.05) is 5.32 Å². The second-order valence-corrected chi connectivity index (χ2v) is 5.73. The van der Waals surface area contributed by atoms with Gasteiger partial charge in [0.1, 0.15) is 10.8 Å². The Balaban J connectivity index is 1.97. The Kier molecular flexibility index (Phi) is 2.92. The van der Waals surface area contributed by atoms with E-state index < -0.39 is 5.91 Å². The zero-order valence-corrected chi connectivity index (χ0v) is 11.1. The normalized spacial score (nSPS) is 10.8. The van der Waals surface area contributed by atoms with Gasteiger partial charge < -0.3 is 11.1 Å². The summed E-state index contributed by atoms with van der Waals surface area (Å²) in [6.07, 6.45) is 0. The number of anilines is 2. The molecule has 3 N–H and O–H groups in total. The van der Waals surface area contributed by atoms with Crippen molar-refractivity contribution in [2.24, 2.45) is 5.73 Å². The van der Waals surface area contributed by atoms with Gasteiger partial charge in [0.2, 0.25) is 0 Å². The molecule has 4 nitrogen and oxygen atoms in total. The van der Waals surface area contributed by atoms with Crippen molar-refractivity contribution in [2.45, 2.75) is 0 Å². The lowest BCUT2D eigenvalue weighted by molar-refractivity contribution is 0.100. The third kappa shape index (κ3) is 2.29. The molecule has 0 aliphatic carbocycles. The average Bonchev–Trinajstić information content (AvgIpc) is 2.95. The molecule has 1 amide bonds. The number of carbonyl (C=O) groups is 1. The Morgan fingerprint density at radius 1 is 1.37 bits per heavy atom. The fraction of sp³-hybridized carbons (Fsp3) is 0. The minimum atomic E-state index is -0.490. The quantitative estimate of drug-likeness (QED) is 0.778. The Morgan fingerprint density at radius 2 is 2.21 bits per heavy atom. The van der Waals surface area contributed by atoms with E-state index in [1.54, 1.807) is 17.5 Å². The summed E-state index contributed by atoms with van der Waals surface area (Å²) < 4.78 is 13.8. The smallest absolute Gasteiger partial charge is 0.251 e. The number of primary amides is 1. The van der Waals surface area contributed by atoms with Gasteiger partial charge in [-0.05, 0) is 29.6 Å². The molecule has 0 radical (unpaired) electrons. The van der Waals surface area contributed by atoms with Crippen molar-refractivity contribution in [3.05, 3.63) is 41.0 Å². The molecule has 0 unspecified atom stereocenters. The third-order valence-electron chi connectivity index (χ3n) is 2.50. The molecule has 0 atom stereocenters. The number of benzene rings is 1. The number of nitrogens with zero attached hydrogens (tertiary/aromatic N) is 1. The largest absolute Gasteiger partial charge is 0.366 e. The second kappa shape index (κ2) is 4.60. The highest BCUT2D eigenvalue weighted by atomic mass is 32.1. The van der Waals surface area contributed by atoms with Gasteiger partial charge in [-0.25, -0.2) is 9.37 Å². The van der Waals surface area contributed by atoms with E-state index >= 15 is 0 Å². The van der Waals surface area contributed by atoms with Crippen molar-refractivity contribution in [1.29, 1.82) is 0 Å². The fourth-order valence-electron chi connectivity index (χ4n) is 1.65. The lowest BCUT2D eigenvalue weighted by Gasteiger charge is -2.00. The maximum atomic E-state index is 13.1. The molecule has 0 bridgehead atoms. The highest BCUT2D eigenvalue weighted by molar-refractivity contribution is 7.22. The molecule has 0 spiro atoms. The van der Waals surface area contributed by atoms with E-state index in [4.69, 9.17) is 5.73 Å². The third-order valence-corrected chi connectivity index (χ3v) is 4.27. The number of halogens is 1. The van der Waals surface area contributed by atoms with Gasteiger partial charge in [-0.3, -0.25) is 4.79 Å². The van der Waals surface area contributed by atoms with Crippen LogP contribution < -0.4 is 11.1 Å². The molecule has 0 saturated heterocycles. The highest BCUT2D eigenvalue weighted by Gasteiger charge is 2.12. The Hall–Kier alpha value is -1.99. The monoisotopic (exact) mass is 293 g/mol. The number of rotatable bonds is 3. The Labute approximate surface area is 115 Å². The van der Waals surface area contributed by atoms with Gasteiger partial charge in [-0.15, -0.1) is 11.3 Å². The summed E-state index contributed by atoms with van der Waals surface area (Å²) in [5.41, 5.74) is 6.41. The number of thiazole rings is 1. The first-order chi connectivity index (χ1) is 9.13. The number of amides is 1. The first-order valence-corrected chi connectivity index (χ1v) is 7.03. The molecule has 0 aliphatic rings. The van der Waals surface area contributed by atoms with Crippen LogP contribution in [-0.4, -0.2) is 10.9 Å².